The second-order valence-corrected chi connectivity index (χ2v) is 13.5. The van der Waals surface area contributed by atoms with E-state index in [2.05, 4.69) is 29.5 Å². The second kappa shape index (κ2) is 15.5. The van der Waals surface area contributed by atoms with Crippen molar-refractivity contribution in [3.05, 3.63) is 70.4 Å². The van der Waals surface area contributed by atoms with Crippen molar-refractivity contribution in [3.8, 4) is 11.5 Å². The summed E-state index contributed by atoms with van der Waals surface area (Å²) in [6.45, 7) is 6.02. The molecule has 242 valence electrons. The van der Waals surface area contributed by atoms with Crippen molar-refractivity contribution in [3.63, 3.8) is 0 Å². The van der Waals surface area contributed by atoms with Crippen LogP contribution in [-0.2, 0) is 31.3 Å². The van der Waals surface area contributed by atoms with Crippen LogP contribution in [0.4, 0.5) is 0 Å². The van der Waals surface area contributed by atoms with Crippen molar-refractivity contribution in [1.29, 1.82) is 0 Å². The monoisotopic (exact) mass is 606 g/mol. The fourth-order valence-electron chi connectivity index (χ4n) is 7.49. The number of rotatable bonds is 17. The molecule has 2 heterocycles. The van der Waals surface area contributed by atoms with E-state index in [-0.39, 0.29) is 23.9 Å². The molecule has 0 amide bonds. The largest absolute Gasteiger partial charge is 0.504 e. The van der Waals surface area contributed by atoms with Gasteiger partial charge in [0.1, 0.15) is 11.5 Å². The van der Waals surface area contributed by atoms with E-state index >= 15 is 0 Å². The van der Waals surface area contributed by atoms with Gasteiger partial charge < -0.3 is 34.8 Å². The number of benzene rings is 1. The van der Waals surface area contributed by atoms with Crippen LogP contribution in [0.3, 0.4) is 0 Å². The molecule has 0 saturated heterocycles. The molecule has 7 nitrogen and oxygen atoms in total. The standard InChI is InChI=1S/C37H54N2O5/c1-3-4-11-34-30(24-40)19-31(44-34)14-12-27-13-15-33(42)35(18-27)43-25-37(16-7-8-17-37)36-20-29(22-39-36)32(23-38-21-26(2)41)28-9-5-6-10-28/h13,15,18-20,22,26,28,32,38-42H,3-12,14,16-17,21,23-25H2,1-2H3/t26-,32+/m0/s1. The fourth-order valence-corrected chi connectivity index (χ4v) is 7.49. The number of aliphatic hydroxyl groups is 2. The van der Waals surface area contributed by atoms with Crippen LogP contribution < -0.4 is 10.1 Å². The van der Waals surface area contributed by atoms with Crippen LogP contribution in [0.5, 0.6) is 11.5 Å². The van der Waals surface area contributed by atoms with E-state index in [9.17, 15) is 15.3 Å². The van der Waals surface area contributed by atoms with Gasteiger partial charge in [0.25, 0.3) is 0 Å². The topological polar surface area (TPSA) is 111 Å². The van der Waals surface area contributed by atoms with Crippen LogP contribution in [-0.4, -0.2) is 46.1 Å². The number of ether oxygens (including phenoxy) is 1. The molecule has 2 fully saturated rings. The Morgan fingerprint density at radius 1 is 1.05 bits per heavy atom. The van der Waals surface area contributed by atoms with Crippen molar-refractivity contribution in [1.82, 2.24) is 10.3 Å². The number of aromatic hydroxyl groups is 1. The van der Waals surface area contributed by atoms with E-state index in [0.29, 0.717) is 30.7 Å². The molecule has 5 N–H and O–H groups in total. The summed E-state index contributed by atoms with van der Waals surface area (Å²) in [5.74, 6) is 3.61. The number of aromatic nitrogens is 1. The molecule has 44 heavy (non-hydrogen) atoms. The Kier molecular flexibility index (Phi) is 11.5. The normalized spacial score (nSPS) is 18.2. The number of hydrogen-bond acceptors (Lipinski definition) is 6. The summed E-state index contributed by atoms with van der Waals surface area (Å²) in [7, 11) is 0. The lowest BCUT2D eigenvalue weighted by molar-refractivity contribution is 0.189. The third-order valence-electron chi connectivity index (χ3n) is 10.1. The summed E-state index contributed by atoms with van der Waals surface area (Å²) >= 11 is 0. The maximum atomic E-state index is 10.7. The van der Waals surface area contributed by atoms with Crippen LogP contribution in [0, 0.1) is 5.92 Å². The van der Waals surface area contributed by atoms with Crippen molar-refractivity contribution in [2.45, 2.75) is 121 Å². The van der Waals surface area contributed by atoms with E-state index in [1.54, 1.807) is 6.07 Å². The highest BCUT2D eigenvalue weighted by Crippen LogP contribution is 2.44. The molecule has 2 saturated carbocycles. The summed E-state index contributed by atoms with van der Waals surface area (Å²) in [6.07, 6.45) is 16.0. The Morgan fingerprint density at radius 3 is 2.57 bits per heavy atom. The lowest BCUT2D eigenvalue weighted by Crippen LogP contribution is -2.31. The molecule has 2 aliphatic rings. The Balaban J connectivity index is 1.26. The first-order valence-electron chi connectivity index (χ1n) is 17.1. The highest BCUT2D eigenvalue weighted by molar-refractivity contribution is 5.42. The van der Waals surface area contributed by atoms with Crippen LogP contribution >= 0.6 is 0 Å². The Hall–Kier alpha value is -2.74. The van der Waals surface area contributed by atoms with Gasteiger partial charge in [0.2, 0.25) is 0 Å². The number of aromatic amines is 1. The smallest absolute Gasteiger partial charge is 0.161 e. The zero-order valence-corrected chi connectivity index (χ0v) is 26.9. The van der Waals surface area contributed by atoms with Gasteiger partial charge in [-0.1, -0.05) is 45.1 Å². The molecule has 2 atom stereocenters. The van der Waals surface area contributed by atoms with Gasteiger partial charge in [-0.2, -0.15) is 0 Å². The van der Waals surface area contributed by atoms with Gasteiger partial charge in [-0.05, 0) is 86.8 Å². The Bertz CT molecular complexity index is 1300. The lowest BCUT2D eigenvalue weighted by Gasteiger charge is -2.28. The van der Waals surface area contributed by atoms with Crippen molar-refractivity contribution in [2.24, 2.45) is 5.92 Å². The number of furan rings is 1. The molecule has 0 bridgehead atoms. The molecule has 0 radical (unpaired) electrons. The van der Waals surface area contributed by atoms with Gasteiger partial charge in [-0.15, -0.1) is 0 Å². The molecule has 2 aromatic heterocycles. The van der Waals surface area contributed by atoms with Gasteiger partial charge in [0.05, 0.1) is 19.3 Å². The number of hydrogen-bond donors (Lipinski definition) is 5. The molecule has 5 rings (SSSR count). The first-order chi connectivity index (χ1) is 21.4. The van der Waals surface area contributed by atoms with Crippen molar-refractivity contribution >= 4 is 0 Å². The van der Waals surface area contributed by atoms with Crippen LogP contribution in [0.2, 0.25) is 0 Å². The second-order valence-electron chi connectivity index (χ2n) is 13.5. The van der Waals surface area contributed by atoms with Crippen molar-refractivity contribution in [2.75, 3.05) is 19.7 Å². The molecule has 3 aromatic rings. The van der Waals surface area contributed by atoms with E-state index < -0.39 is 0 Å². The number of aryl methyl sites for hydroxylation is 3. The van der Waals surface area contributed by atoms with E-state index in [1.807, 2.05) is 25.1 Å². The minimum Gasteiger partial charge on any atom is -0.504 e. The average molecular weight is 607 g/mol. The van der Waals surface area contributed by atoms with Crippen LogP contribution in [0.15, 0.2) is 40.9 Å². The number of unbranched alkanes of at least 4 members (excludes halogenated alkanes) is 1. The van der Waals surface area contributed by atoms with Gasteiger partial charge in [0.15, 0.2) is 11.5 Å². The van der Waals surface area contributed by atoms with Gasteiger partial charge in [-0.25, -0.2) is 0 Å². The molecule has 1 aromatic carbocycles. The predicted octanol–water partition coefficient (Wildman–Crippen LogP) is 7.07. The molecule has 7 heteroatoms. The third kappa shape index (κ3) is 8.09. The molecule has 2 aliphatic carbocycles. The predicted molar refractivity (Wildman–Crippen MR) is 174 cm³/mol. The zero-order chi connectivity index (χ0) is 30.9. The number of phenolic OH excluding ortho intramolecular Hbond substituents is 1. The lowest BCUT2D eigenvalue weighted by atomic mass is 9.81. The highest BCUT2D eigenvalue weighted by atomic mass is 16.5. The molecule has 0 unspecified atom stereocenters. The summed E-state index contributed by atoms with van der Waals surface area (Å²) in [6, 6.07) is 10.0. The first-order valence-corrected chi connectivity index (χ1v) is 17.1. The van der Waals surface area contributed by atoms with Crippen LogP contribution in [0.1, 0.15) is 118 Å². The first kappa shape index (κ1) is 32.6. The average Bonchev–Trinajstić information content (AvgIpc) is 3.84. The fraction of sp³-hybridized carbons (Fsp3) is 0.622. The number of H-pyrrole nitrogens is 1. The number of nitrogens with one attached hydrogen (secondary N) is 2. The van der Waals surface area contributed by atoms with E-state index in [0.717, 1.165) is 74.1 Å². The summed E-state index contributed by atoms with van der Waals surface area (Å²) in [5.41, 5.74) is 4.49. The molecule has 0 aliphatic heterocycles. The van der Waals surface area contributed by atoms with E-state index in [4.69, 9.17) is 9.15 Å². The Morgan fingerprint density at radius 2 is 1.84 bits per heavy atom. The third-order valence-corrected chi connectivity index (χ3v) is 10.1. The maximum Gasteiger partial charge on any atom is 0.161 e. The zero-order valence-electron chi connectivity index (χ0n) is 26.9. The molecule has 0 spiro atoms. The van der Waals surface area contributed by atoms with Gasteiger partial charge in [0, 0.05) is 54.7 Å². The SMILES string of the molecule is CCCCc1oc(CCc2ccc(O)c(OCC3(c4cc([C@H](CNC[C@H](C)O)C5CCCC5)c[nH]4)CCCC3)c2)cc1CO. The molecular formula is C37H54N2O5. The van der Waals surface area contributed by atoms with E-state index in [1.165, 1.54) is 49.8 Å². The minimum absolute atomic E-state index is 0.00488. The summed E-state index contributed by atoms with van der Waals surface area (Å²) in [4.78, 5) is 3.67. The van der Waals surface area contributed by atoms with Crippen molar-refractivity contribution < 1.29 is 24.5 Å². The summed E-state index contributed by atoms with van der Waals surface area (Å²) < 4.78 is 12.5. The van der Waals surface area contributed by atoms with Crippen LogP contribution in [0.25, 0.3) is 0 Å². The maximum absolute atomic E-state index is 10.7. The summed E-state index contributed by atoms with van der Waals surface area (Å²) in [5, 5.41) is 33.8. The Labute approximate surface area is 263 Å². The van der Waals surface area contributed by atoms with Gasteiger partial charge >= 0.3 is 0 Å². The number of aliphatic hydroxyl groups excluding tert-OH is 2. The van der Waals surface area contributed by atoms with Gasteiger partial charge in [-0.3, -0.25) is 0 Å². The quantitative estimate of drug-likeness (QED) is 0.112. The highest BCUT2D eigenvalue weighted by Gasteiger charge is 2.39. The number of phenols is 1. The minimum atomic E-state index is -0.345. The molecular weight excluding hydrogens is 552 g/mol.